The number of nitrogens with one attached hydrogen (secondary N) is 1. The highest BCUT2D eigenvalue weighted by Gasteiger charge is 2.21. The van der Waals surface area contributed by atoms with Gasteiger partial charge >= 0.3 is 0 Å². The molecule has 1 N–H and O–H groups in total. The molecule has 3 nitrogen and oxygen atoms in total. The van der Waals surface area contributed by atoms with Gasteiger partial charge < -0.3 is 5.32 Å². The van der Waals surface area contributed by atoms with E-state index in [4.69, 9.17) is 0 Å². The zero-order valence-electron chi connectivity index (χ0n) is 9.71. The molecule has 0 unspecified atom stereocenters. The minimum atomic E-state index is 0.646. The first-order valence-electron chi connectivity index (χ1n) is 5.57. The molecule has 0 radical (unpaired) electrons. The number of hydrogen-bond acceptors (Lipinski definition) is 4. The Bertz CT molecular complexity index is 333. The highest BCUT2D eigenvalue weighted by molar-refractivity contribution is 7.11. The van der Waals surface area contributed by atoms with E-state index in [9.17, 15) is 0 Å². The summed E-state index contributed by atoms with van der Waals surface area (Å²) in [6.45, 7) is 7.68. The largest absolute Gasteiger partial charge is 0.314 e. The van der Waals surface area contributed by atoms with Crippen LogP contribution in [0.2, 0.25) is 0 Å². The number of thiazole rings is 1. The Hall–Kier alpha value is -0.450. The predicted octanol–water partition coefficient (Wildman–Crippen LogP) is 1.63. The molecule has 0 amide bonds. The summed E-state index contributed by atoms with van der Waals surface area (Å²) in [5.41, 5.74) is 1.34. The summed E-state index contributed by atoms with van der Waals surface area (Å²) >= 11 is 1.87. The second-order valence-corrected chi connectivity index (χ2v) is 5.49. The van der Waals surface area contributed by atoms with E-state index in [1.165, 1.54) is 15.6 Å². The van der Waals surface area contributed by atoms with Crippen LogP contribution in [-0.2, 0) is 19.5 Å². The van der Waals surface area contributed by atoms with Gasteiger partial charge in [-0.15, -0.1) is 11.3 Å². The third kappa shape index (κ3) is 2.38. The van der Waals surface area contributed by atoms with Crippen LogP contribution in [0.15, 0.2) is 0 Å². The lowest BCUT2D eigenvalue weighted by Gasteiger charge is -2.29. The molecule has 0 bridgehead atoms. The van der Waals surface area contributed by atoms with Gasteiger partial charge in [0.15, 0.2) is 0 Å². The third-order valence-corrected chi connectivity index (χ3v) is 3.95. The monoisotopic (exact) mass is 225 g/mol. The topological polar surface area (TPSA) is 28.2 Å². The molecule has 0 saturated carbocycles. The molecule has 0 aliphatic carbocycles. The zero-order chi connectivity index (χ0) is 10.8. The summed E-state index contributed by atoms with van der Waals surface area (Å²) in [5.74, 6) is 0. The van der Waals surface area contributed by atoms with Crippen molar-refractivity contribution in [1.29, 1.82) is 0 Å². The molecule has 1 aromatic rings. The van der Waals surface area contributed by atoms with E-state index < -0.39 is 0 Å². The van der Waals surface area contributed by atoms with Crippen LogP contribution in [-0.4, -0.2) is 29.5 Å². The van der Waals surface area contributed by atoms with Gasteiger partial charge in [-0.25, -0.2) is 4.98 Å². The molecule has 0 atom stereocenters. The number of nitrogens with zero attached hydrogens (tertiary/aromatic N) is 2. The highest BCUT2D eigenvalue weighted by atomic mass is 32.1. The Morgan fingerprint density at radius 1 is 1.53 bits per heavy atom. The Balaban J connectivity index is 2.12. The van der Waals surface area contributed by atoms with Crippen molar-refractivity contribution in [3.05, 3.63) is 15.6 Å². The molecular weight excluding hydrogens is 206 g/mol. The standard InChI is InChI=1S/C11H19N3S/c1-8(2)14-5-4-9-10(7-14)15-11(13-9)6-12-3/h8,12H,4-7H2,1-3H3. The van der Waals surface area contributed by atoms with E-state index in [2.05, 4.69) is 29.0 Å². The van der Waals surface area contributed by atoms with Crippen molar-refractivity contribution < 1.29 is 0 Å². The summed E-state index contributed by atoms with van der Waals surface area (Å²) in [6.07, 6.45) is 1.12. The van der Waals surface area contributed by atoms with Gasteiger partial charge in [0.05, 0.1) is 5.69 Å². The summed E-state index contributed by atoms with van der Waals surface area (Å²) in [6, 6.07) is 0.646. The van der Waals surface area contributed by atoms with Crippen LogP contribution >= 0.6 is 11.3 Å². The number of fused-ring (bicyclic) bond motifs is 1. The lowest BCUT2D eigenvalue weighted by molar-refractivity contribution is 0.205. The lowest BCUT2D eigenvalue weighted by Crippen LogP contribution is -2.35. The van der Waals surface area contributed by atoms with Crippen LogP contribution < -0.4 is 5.32 Å². The van der Waals surface area contributed by atoms with E-state index in [-0.39, 0.29) is 0 Å². The molecule has 1 aliphatic heterocycles. The average Bonchev–Trinajstić information content (AvgIpc) is 2.59. The van der Waals surface area contributed by atoms with Gasteiger partial charge in [0.25, 0.3) is 0 Å². The molecule has 0 saturated heterocycles. The fraction of sp³-hybridized carbons (Fsp3) is 0.727. The van der Waals surface area contributed by atoms with Crippen molar-refractivity contribution in [3.8, 4) is 0 Å². The van der Waals surface area contributed by atoms with Crippen molar-refractivity contribution >= 4 is 11.3 Å². The van der Waals surface area contributed by atoms with Crippen molar-refractivity contribution in [2.75, 3.05) is 13.6 Å². The van der Waals surface area contributed by atoms with Crippen LogP contribution in [0.3, 0.4) is 0 Å². The normalized spacial score (nSPS) is 17.1. The predicted molar refractivity (Wildman–Crippen MR) is 64.1 cm³/mol. The molecule has 1 aliphatic rings. The minimum Gasteiger partial charge on any atom is -0.314 e. The SMILES string of the molecule is CNCc1nc2c(s1)CN(C(C)C)CC2. The van der Waals surface area contributed by atoms with Gasteiger partial charge in [-0.1, -0.05) is 0 Å². The Morgan fingerprint density at radius 3 is 3.00 bits per heavy atom. The maximum absolute atomic E-state index is 4.66. The van der Waals surface area contributed by atoms with Gasteiger partial charge in [-0.3, -0.25) is 4.90 Å². The van der Waals surface area contributed by atoms with Crippen molar-refractivity contribution in [1.82, 2.24) is 15.2 Å². The smallest absolute Gasteiger partial charge is 0.107 e. The van der Waals surface area contributed by atoms with Crippen LogP contribution in [0.25, 0.3) is 0 Å². The van der Waals surface area contributed by atoms with Gasteiger partial charge in [-0.05, 0) is 20.9 Å². The lowest BCUT2D eigenvalue weighted by atomic mass is 10.1. The first-order valence-corrected chi connectivity index (χ1v) is 6.38. The van der Waals surface area contributed by atoms with Crippen LogP contribution in [0.5, 0.6) is 0 Å². The maximum atomic E-state index is 4.66. The van der Waals surface area contributed by atoms with Gasteiger partial charge in [0.1, 0.15) is 5.01 Å². The molecule has 84 valence electrons. The molecular formula is C11H19N3S. The van der Waals surface area contributed by atoms with Crippen molar-refractivity contribution in [2.45, 2.75) is 39.4 Å². The zero-order valence-corrected chi connectivity index (χ0v) is 10.5. The van der Waals surface area contributed by atoms with E-state index in [0.29, 0.717) is 6.04 Å². The molecule has 0 spiro atoms. The average molecular weight is 225 g/mol. The second kappa shape index (κ2) is 4.60. The number of aromatic nitrogens is 1. The number of hydrogen-bond donors (Lipinski definition) is 1. The first-order chi connectivity index (χ1) is 7.20. The Kier molecular flexibility index (Phi) is 3.38. The van der Waals surface area contributed by atoms with Crippen molar-refractivity contribution in [2.24, 2.45) is 0 Å². The van der Waals surface area contributed by atoms with Crippen molar-refractivity contribution in [3.63, 3.8) is 0 Å². The van der Waals surface area contributed by atoms with E-state index in [0.717, 1.165) is 26.1 Å². The number of rotatable bonds is 3. The molecule has 0 aromatic carbocycles. The van der Waals surface area contributed by atoms with E-state index in [1.807, 2.05) is 18.4 Å². The molecule has 2 rings (SSSR count). The van der Waals surface area contributed by atoms with Gasteiger partial charge in [0, 0.05) is 37.0 Å². The summed E-state index contributed by atoms with van der Waals surface area (Å²) < 4.78 is 0. The quantitative estimate of drug-likeness (QED) is 0.847. The highest BCUT2D eigenvalue weighted by Crippen LogP contribution is 2.25. The Labute approximate surface area is 95.5 Å². The summed E-state index contributed by atoms with van der Waals surface area (Å²) in [5, 5.41) is 4.39. The van der Waals surface area contributed by atoms with Gasteiger partial charge in [0.2, 0.25) is 0 Å². The fourth-order valence-corrected chi connectivity index (χ4v) is 3.09. The first kappa shape index (κ1) is 11.0. The summed E-state index contributed by atoms with van der Waals surface area (Å²) in [4.78, 5) is 8.65. The molecule has 4 heteroatoms. The van der Waals surface area contributed by atoms with Gasteiger partial charge in [-0.2, -0.15) is 0 Å². The van der Waals surface area contributed by atoms with Crippen LogP contribution in [0.1, 0.15) is 29.4 Å². The molecule has 15 heavy (non-hydrogen) atoms. The molecule has 2 heterocycles. The summed E-state index contributed by atoms with van der Waals surface area (Å²) in [7, 11) is 1.97. The fourth-order valence-electron chi connectivity index (χ4n) is 1.94. The Morgan fingerprint density at radius 2 is 2.33 bits per heavy atom. The van der Waals surface area contributed by atoms with E-state index in [1.54, 1.807) is 0 Å². The minimum absolute atomic E-state index is 0.646. The second-order valence-electron chi connectivity index (χ2n) is 4.32. The van der Waals surface area contributed by atoms with Crippen LogP contribution in [0, 0.1) is 0 Å². The third-order valence-electron chi connectivity index (χ3n) is 2.86. The van der Waals surface area contributed by atoms with Crippen LogP contribution in [0.4, 0.5) is 0 Å². The van der Waals surface area contributed by atoms with E-state index >= 15 is 0 Å². The maximum Gasteiger partial charge on any atom is 0.107 e. The molecule has 0 fully saturated rings. The molecule has 1 aromatic heterocycles.